The van der Waals surface area contributed by atoms with Crippen LogP contribution in [0.15, 0.2) is 122 Å². The number of amides is 1. The van der Waals surface area contributed by atoms with Crippen molar-refractivity contribution < 1.29 is 37.3 Å². The molecule has 1 amide bonds. The van der Waals surface area contributed by atoms with Gasteiger partial charge in [-0.3, -0.25) is 18.6 Å². The number of hydrogen-bond acceptors (Lipinski definition) is 6. The monoisotopic (exact) mass is 1010 g/mol. The van der Waals surface area contributed by atoms with Gasteiger partial charge in [-0.1, -0.05) is 207 Å². The van der Waals surface area contributed by atoms with Crippen LogP contribution < -0.4 is 5.32 Å². The molecule has 0 saturated carbocycles. The quantitative estimate of drug-likeness (QED) is 0.0205. The van der Waals surface area contributed by atoms with Crippen molar-refractivity contribution >= 4 is 19.7 Å². The Labute approximate surface area is 435 Å². The predicted molar refractivity (Wildman–Crippen MR) is 304 cm³/mol. The minimum atomic E-state index is -4.48. The van der Waals surface area contributed by atoms with Crippen LogP contribution in [0.4, 0.5) is 0 Å². The second-order valence-electron chi connectivity index (χ2n) is 19.3. The molecule has 0 aliphatic carbocycles. The summed E-state index contributed by atoms with van der Waals surface area (Å²) >= 11 is 0. The van der Waals surface area contributed by atoms with Crippen molar-refractivity contribution in [2.24, 2.45) is 0 Å². The maximum atomic E-state index is 13.5. The molecule has 0 fully saturated rings. The Kier molecular flexibility index (Phi) is 47.4. The average molecular weight is 1010 g/mol. The van der Waals surface area contributed by atoms with E-state index in [1.807, 2.05) is 45.4 Å². The first-order valence-corrected chi connectivity index (χ1v) is 29.4. The Morgan fingerprint density at radius 2 is 0.915 bits per heavy atom. The van der Waals surface area contributed by atoms with Crippen molar-refractivity contribution in [2.75, 3.05) is 40.9 Å². The third kappa shape index (κ3) is 51.1. The zero-order valence-electron chi connectivity index (χ0n) is 45.9. The van der Waals surface area contributed by atoms with E-state index in [4.69, 9.17) is 13.8 Å². The first-order valence-electron chi connectivity index (χ1n) is 27.9. The maximum Gasteiger partial charge on any atom is 0.472 e. The molecule has 0 spiro atoms. The van der Waals surface area contributed by atoms with Crippen LogP contribution in [0.1, 0.15) is 201 Å². The summed E-state index contributed by atoms with van der Waals surface area (Å²) < 4.78 is 30.5. The van der Waals surface area contributed by atoms with E-state index in [1.54, 1.807) is 0 Å². The maximum absolute atomic E-state index is 13.5. The highest BCUT2D eigenvalue weighted by atomic mass is 31.2. The van der Waals surface area contributed by atoms with Crippen molar-refractivity contribution in [3.8, 4) is 0 Å². The number of phosphoric acid groups is 1. The number of quaternary nitrogens is 1. The number of phosphoric ester groups is 1. The Balaban J connectivity index is 5.53. The van der Waals surface area contributed by atoms with Crippen LogP contribution in [0, 0.1) is 0 Å². The zero-order chi connectivity index (χ0) is 52.2. The molecular formula is C61H104N2O7P+. The Morgan fingerprint density at radius 1 is 0.507 bits per heavy atom. The Hall–Kier alpha value is -3.59. The molecule has 10 heteroatoms. The molecule has 71 heavy (non-hydrogen) atoms. The number of allylic oxidation sites excluding steroid dienone is 19. The number of nitrogens with zero attached hydrogens (tertiary/aromatic N) is 1. The average Bonchev–Trinajstić information content (AvgIpc) is 3.33. The summed E-state index contributed by atoms with van der Waals surface area (Å²) in [4.78, 5) is 37.5. The summed E-state index contributed by atoms with van der Waals surface area (Å²) in [5.74, 6) is -0.641. The summed E-state index contributed by atoms with van der Waals surface area (Å²) in [5.41, 5.74) is 0. The van der Waals surface area contributed by atoms with E-state index in [2.05, 4.69) is 123 Å². The van der Waals surface area contributed by atoms with Gasteiger partial charge in [-0.15, -0.1) is 0 Å². The lowest BCUT2D eigenvalue weighted by atomic mass is 10.1. The highest BCUT2D eigenvalue weighted by Crippen LogP contribution is 2.43. The lowest BCUT2D eigenvalue weighted by Gasteiger charge is -2.27. The van der Waals surface area contributed by atoms with Gasteiger partial charge in [0.05, 0.1) is 33.8 Å². The van der Waals surface area contributed by atoms with Gasteiger partial charge in [-0.25, -0.2) is 4.57 Å². The highest BCUT2D eigenvalue weighted by molar-refractivity contribution is 7.47. The molecular weight excluding hydrogens is 904 g/mol. The normalized spacial score (nSPS) is 14.7. The third-order valence-corrected chi connectivity index (χ3v) is 12.4. The number of rotatable bonds is 48. The predicted octanol–water partition coefficient (Wildman–Crippen LogP) is 16.8. The van der Waals surface area contributed by atoms with Gasteiger partial charge in [0.15, 0.2) is 0 Å². The van der Waals surface area contributed by atoms with Crippen molar-refractivity contribution in [1.82, 2.24) is 5.32 Å². The van der Waals surface area contributed by atoms with Crippen LogP contribution in [-0.2, 0) is 27.9 Å². The molecule has 0 radical (unpaired) electrons. The lowest BCUT2D eigenvalue weighted by molar-refractivity contribution is -0.870. The van der Waals surface area contributed by atoms with Gasteiger partial charge in [0, 0.05) is 12.8 Å². The van der Waals surface area contributed by atoms with E-state index in [0.29, 0.717) is 23.9 Å². The molecule has 0 aliphatic heterocycles. The number of nitrogens with one attached hydrogen (secondary N) is 1. The van der Waals surface area contributed by atoms with E-state index < -0.39 is 20.0 Å². The third-order valence-electron chi connectivity index (χ3n) is 11.4. The summed E-state index contributed by atoms with van der Waals surface area (Å²) in [7, 11) is 1.42. The van der Waals surface area contributed by atoms with Crippen LogP contribution in [0.2, 0.25) is 0 Å². The molecule has 404 valence electrons. The first-order chi connectivity index (χ1) is 34.4. The first kappa shape index (κ1) is 67.4. The van der Waals surface area contributed by atoms with Crippen LogP contribution >= 0.6 is 7.82 Å². The Morgan fingerprint density at radius 3 is 1.38 bits per heavy atom. The molecule has 0 aliphatic rings. The summed E-state index contributed by atoms with van der Waals surface area (Å²) in [6, 6.07) is -0.905. The molecule has 0 rings (SSSR count). The van der Waals surface area contributed by atoms with Crippen molar-refractivity contribution in [3.63, 3.8) is 0 Å². The second kappa shape index (κ2) is 50.0. The van der Waals surface area contributed by atoms with E-state index in [1.165, 1.54) is 51.4 Å². The fraction of sp³-hybridized carbons (Fsp3) is 0.639. The molecule has 2 N–H and O–H groups in total. The Bertz CT molecular complexity index is 1630. The molecule has 9 nitrogen and oxygen atoms in total. The van der Waals surface area contributed by atoms with Crippen LogP contribution in [0.25, 0.3) is 0 Å². The van der Waals surface area contributed by atoms with Gasteiger partial charge in [-0.05, 0) is 102 Å². The number of carbonyl (C=O) groups excluding carboxylic acids is 2. The minimum absolute atomic E-state index is 0.0161. The largest absolute Gasteiger partial charge is 0.472 e. The molecule has 0 aromatic heterocycles. The molecule has 0 bridgehead atoms. The number of unbranched alkanes of at least 4 members (excludes halogenated alkanes) is 14. The number of hydrogen-bond donors (Lipinski definition) is 2. The number of carbonyl (C=O) groups is 2. The van der Waals surface area contributed by atoms with Gasteiger partial charge in [-0.2, -0.15) is 0 Å². The fourth-order valence-electron chi connectivity index (χ4n) is 7.15. The minimum Gasteiger partial charge on any atom is -0.456 e. The van der Waals surface area contributed by atoms with Gasteiger partial charge in [0.25, 0.3) is 0 Å². The molecule has 0 heterocycles. The summed E-state index contributed by atoms with van der Waals surface area (Å²) in [6.07, 6.45) is 69.3. The van der Waals surface area contributed by atoms with E-state index in [0.717, 1.165) is 103 Å². The van der Waals surface area contributed by atoms with Crippen molar-refractivity contribution in [1.29, 1.82) is 0 Å². The topological polar surface area (TPSA) is 111 Å². The van der Waals surface area contributed by atoms with Crippen LogP contribution in [-0.4, -0.2) is 74.3 Å². The molecule has 0 saturated heterocycles. The van der Waals surface area contributed by atoms with E-state index >= 15 is 0 Å². The highest BCUT2D eigenvalue weighted by Gasteiger charge is 2.30. The van der Waals surface area contributed by atoms with E-state index in [-0.39, 0.29) is 37.9 Å². The van der Waals surface area contributed by atoms with Crippen LogP contribution in [0.5, 0.6) is 0 Å². The van der Waals surface area contributed by atoms with Crippen molar-refractivity contribution in [2.45, 2.75) is 213 Å². The molecule has 3 atom stereocenters. The second-order valence-corrected chi connectivity index (χ2v) is 20.8. The number of likely N-dealkylation sites (N-methyl/N-ethyl adjacent to an activating group) is 1. The van der Waals surface area contributed by atoms with Gasteiger partial charge in [0.2, 0.25) is 5.91 Å². The molecule has 0 aromatic rings. The zero-order valence-corrected chi connectivity index (χ0v) is 46.8. The fourth-order valence-corrected chi connectivity index (χ4v) is 7.89. The van der Waals surface area contributed by atoms with Crippen molar-refractivity contribution in [3.05, 3.63) is 122 Å². The van der Waals surface area contributed by atoms with Gasteiger partial charge >= 0.3 is 13.8 Å². The number of ether oxygens (including phenoxy) is 1. The number of esters is 1. The van der Waals surface area contributed by atoms with Gasteiger partial charge in [0.1, 0.15) is 19.3 Å². The molecule has 3 unspecified atom stereocenters. The summed E-state index contributed by atoms with van der Waals surface area (Å²) in [5, 5.41) is 2.98. The summed E-state index contributed by atoms with van der Waals surface area (Å²) in [6.45, 7) is 6.67. The van der Waals surface area contributed by atoms with Gasteiger partial charge < -0.3 is 19.4 Å². The lowest BCUT2D eigenvalue weighted by Crippen LogP contribution is -2.47. The SMILES string of the molecule is CC/C=C\C/C=C\C/C=C\C/C=C\C/C=C\C/C=C\CCC(=O)NC(COP(=O)(O)OCC[N+](C)(C)C)C(/C=C\CCCCCCCCCCCC)OC(=O)CCCCCC/C=C/C/C=C/C/C=C/CC. The smallest absolute Gasteiger partial charge is 0.456 e. The van der Waals surface area contributed by atoms with Crippen LogP contribution in [0.3, 0.4) is 0 Å². The molecule has 0 aromatic carbocycles. The van der Waals surface area contributed by atoms with E-state index in [9.17, 15) is 19.0 Å². The standard InChI is InChI=1S/C61H103N2O7P/c1-7-10-13-16-19-22-25-28-30-31-32-33-34-35-38-41-44-47-50-53-60(64)62-58(57-69-71(66,67)68-56-55-63(4,5)6)59(52-49-46-43-40-37-27-24-21-18-15-12-9-3)70-61(65)54-51-48-45-42-39-36-29-26-23-20-17-14-11-8-2/h10-11,13-14,19-20,22-23,28-30,32-33,35-36,38,44,47,49,52,58-59H,7-9,12,15-18,21,24-27,31,34,37,39-43,45-46,48,50-51,53-57H2,1-6H3,(H-,62,64,66,67)/p+1/b13-10-,14-11+,22-19-,23-20+,30-28-,33-32-,36-29+,38-35-,47-44-,52-49-.